The minimum Gasteiger partial charge on any atom is -0.430 e. The van der Waals surface area contributed by atoms with E-state index in [2.05, 4.69) is 9.62 Å². The Labute approximate surface area is 58.4 Å². The molecule has 0 aromatic rings. The van der Waals surface area contributed by atoms with Crippen molar-refractivity contribution in [3.8, 4) is 0 Å². The molecule has 0 aromatic carbocycles. The summed E-state index contributed by atoms with van der Waals surface area (Å²) in [5, 5.41) is 7.68. The maximum absolute atomic E-state index is 10.0. The van der Waals surface area contributed by atoms with Gasteiger partial charge in [0.05, 0.1) is 6.61 Å². The van der Waals surface area contributed by atoms with Crippen molar-refractivity contribution < 1.29 is 24.4 Å². The molecule has 0 bridgehead atoms. The first-order chi connectivity index (χ1) is 4.81. The minimum absolute atomic E-state index is 0.0905. The molecule has 0 amide bonds. The Morgan fingerprint density at radius 1 is 1.50 bits per heavy atom. The fraction of sp³-hybridized carbons (Fsp3) is 0.800. The SMILES string of the molecule is CCOCCOC(=O)OO. The van der Waals surface area contributed by atoms with Gasteiger partial charge in [-0.2, -0.15) is 5.26 Å². The Balaban J connectivity index is 2.96. The predicted octanol–water partition coefficient (Wildman–Crippen LogP) is 0.649. The van der Waals surface area contributed by atoms with Crippen molar-refractivity contribution in [3.05, 3.63) is 0 Å². The van der Waals surface area contributed by atoms with Crippen LogP contribution < -0.4 is 0 Å². The highest BCUT2D eigenvalue weighted by Gasteiger charge is 1.99. The van der Waals surface area contributed by atoms with Crippen LogP contribution in [-0.2, 0) is 14.4 Å². The number of hydrogen-bond donors (Lipinski definition) is 1. The Morgan fingerprint density at radius 3 is 2.70 bits per heavy atom. The third kappa shape index (κ3) is 5.33. The molecule has 0 aliphatic rings. The van der Waals surface area contributed by atoms with E-state index >= 15 is 0 Å². The number of rotatable bonds is 4. The van der Waals surface area contributed by atoms with Gasteiger partial charge in [-0.25, -0.2) is 4.79 Å². The Kier molecular flexibility index (Phi) is 5.80. The Morgan fingerprint density at radius 2 is 2.20 bits per heavy atom. The Hall–Kier alpha value is -0.810. The average Bonchev–Trinajstić information content (AvgIpc) is 1.98. The molecule has 0 saturated heterocycles. The normalized spacial score (nSPS) is 9.00. The maximum Gasteiger partial charge on any atom is 0.540 e. The quantitative estimate of drug-likeness (QED) is 0.276. The second-order valence-electron chi connectivity index (χ2n) is 1.39. The summed E-state index contributed by atoms with van der Waals surface area (Å²) in [5.74, 6) is 0. The van der Waals surface area contributed by atoms with Gasteiger partial charge in [0.15, 0.2) is 0 Å². The van der Waals surface area contributed by atoms with Crippen LogP contribution in [0.3, 0.4) is 0 Å². The van der Waals surface area contributed by atoms with E-state index in [1.54, 1.807) is 0 Å². The predicted molar refractivity (Wildman–Crippen MR) is 31.6 cm³/mol. The molecule has 0 aliphatic carbocycles. The maximum atomic E-state index is 10.0. The van der Waals surface area contributed by atoms with Crippen molar-refractivity contribution in [2.24, 2.45) is 0 Å². The fourth-order valence-corrected chi connectivity index (χ4v) is 0.355. The largest absolute Gasteiger partial charge is 0.540 e. The summed E-state index contributed by atoms with van der Waals surface area (Å²) in [6, 6.07) is 0. The van der Waals surface area contributed by atoms with Crippen LogP contribution in [0.4, 0.5) is 4.79 Å². The van der Waals surface area contributed by atoms with E-state index in [1.807, 2.05) is 6.92 Å². The van der Waals surface area contributed by atoms with Crippen LogP contribution in [0, 0.1) is 0 Å². The molecule has 0 heterocycles. The highest BCUT2D eigenvalue weighted by molar-refractivity contribution is 5.58. The zero-order chi connectivity index (χ0) is 7.82. The highest BCUT2D eigenvalue weighted by Crippen LogP contribution is 1.81. The van der Waals surface area contributed by atoms with E-state index < -0.39 is 6.16 Å². The van der Waals surface area contributed by atoms with Gasteiger partial charge in [-0.15, -0.1) is 0 Å². The van der Waals surface area contributed by atoms with Crippen molar-refractivity contribution >= 4 is 6.16 Å². The van der Waals surface area contributed by atoms with E-state index in [4.69, 9.17) is 9.99 Å². The van der Waals surface area contributed by atoms with E-state index in [0.29, 0.717) is 13.2 Å². The van der Waals surface area contributed by atoms with Gasteiger partial charge < -0.3 is 9.47 Å². The monoisotopic (exact) mass is 150 g/mol. The summed E-state index contributed by atoms with van der Waals surface area (Å²) in [7, 11) is 0. The molecule has 0 aliphatic heterocycles. The number of ether oxygens (including phenoxy) is 2. The fourth-order valence-electron chi connectivity index (χ4n) is 0.355. The van der Waals surface area contributed by atoms with Crippen LogP contribution >= 0.6 is 0 Å². The minimum atomic E-state index is -1.11. The smallest absolute Gasteiger partial charge is 0.430 e. The van der Waals surface area contributed by atoms with Gasteiger partial charge in [0, 0.05) is 6.61 Å². The molecule has 0 radical (unpaired) electrons. The van der Waals surface area contributed by atoms with Gasteiger partial charge in [-0.05, 0) is 6.92 Å². The van der Waals surface area contributed by atoms with Crippen LogP contribution in [0.5, 0.6) is 0 Å². The topological polar surface area (TPSA) is 65.0 Å². The number of hydrogen-bond acceptors (Lipinski definition) is 5. The third-order valence-electron chi connectivity index (χ3n) is 0.726. The summed E-state index contributed by atoms with van der Waals surface area (Å²) in [6.07, 6.45) is -1.11. The van der Waals surface area contributed by atoms with E-state index in [1.165, 1.54) is 0 Å². The molecule has 0 fully saturated rings. The third-order valence-corrected chi connectivity index (χ3v) is 0.726. The molecule has 0 rings (SSSR count). The van der Waals surface area contributed by atoms with Gasteiger partial charge in [0.25, 0.3) is 0 Å². The first-order valence-corrected chi connectivity index (χ1v) is 2.87. The summed E-state index contributed by atoms with van der Waals surface area (Å²) in [5.41, 5.74) is 0. The van der Waals surface area contributed by atoms with Crippen LogP contribution in [0.25, 0.3) is 0 Å². The molecule has 0 atom stereocenters. The molecule has 5 nitrogen and oxygen atoms in total. The molecule has 1 N–H and O–H groups in total. The molecule has 0 spiro atoms. The van der Waals surface area contributed by atoms with Crippen LogP contribution in [0.2, 0.25) is 0 Å². The van der Waals surface area contributed by atoms with Crippen molar-refractivity contribution in [2.45, 2.75) is 6.92 Å². The zero-order valence-electron chi connectivity index (χ0n) is 5.70. The van der Waals surface area contributed by atoms with Crippen LogP contribution in [-0.4, -0.2) is 31.2 Å². The molecule has 60 valence electrons. The molecule has 10 heavy (non-hydrogen) atoms. The molecular formula is C5H10O5. The zero-order valence-corrected chi connectivity index (χ0v) is 5.70. The lowest BCUT2D eigenvalue weighted by Gasteiger charge is -2.00. The van der Waals surface area contributed by atoms with Crippen LogP contribution in [0.15, 0.2) is 0 Å². The van der Waals surface area contributed by atoms with Gasteiger partial charge in [-0.3, -0.25) is 4.89 Å². The second-order valence-corrected chi connectivity index (χ2v) is 1.39. The highest BCUT2D eigenvalue weighted by atomic mass is 17.1. The summed E-state index contributed by atoms with van der Waals surface area (Å²) < 4.78 is 9.07. The lowest BCUT2D eigenvalue weighted by Crippen LogP contribution is -2.10. The number of carbonyl (C=O) groups excluding carboxylic acids is 1. The molecule has 0 unspecified atom stereocenters. The van der Waals surface area contributed by atoms with E-state index in [-0.39, 0.29) is 6.61 Å². The molecule has 0 saturated carbocycles. The van der Waals surface area contributed by atoms with Gasteiger partial charge in [-0.1, -0.05) is 0 Å². The summed E-state index contributed by atoms with van der Waals surface area (Å²) >= 11 is 0. The number of carbonyl (C=O) groups is 1. The van der Waals surface area contributed by atoms with Crippen molar-refractivity contribution in [3.63, 3.8) is 0 Å². The summed E-state index contributed by atoms with van der Waals surface area (Å²) in [4.78, 5) is 13.2. The average molecular weight is 150 g/mol. The van der Waals surface area contributed by atoms with Gasteiger partial charge in [0.2, 0.25) is 0 Å². The van der Waals surface area contributed by atoms with Gasteiger partial charge in [0.1, 0.15) is 6.61 Å². The molecule has 0 aromatic heterocycles. The van der Waals surface area contributed by atoms with Crippen molar-refractivity contribution in [2.75, 3.05) is 19.8 Å². The lowest BCUT2D eigenvalue weighted by atomic mass is 10.7. The Bertz CT molecular complexity index is 92.0. The van der Waals surface area contributed by atoms with E-state index in [0.717, 1.165) is 0 Å². The molecule has 5 heteroatoms. The molecular weight excluding hydrogens is 140 g/mol. The van der Waals surface area contributed by atoms with Crippen molar-refractivity contribution in [1.82, 2.24) is 0 Å². The van der Waals surface area contributed by atoms with Crippen molar-refractivity contribution in [1.29, 1.82) is 0 Å². The standard InChI is InChI=1S/C5H10O5/c1-2-8-3-4-9-5(6)10-7/h7H,2-4H2,1H3. The van der Waals surface area contributed by atoms with Crippen LogP contribution in [0.1, 0.15) is 6.92 Å². The lowest BCUT2D eigenvalue weighted by molar-refractivity contribution is -0.201. The first-order valence-electron chi connectivity index (χ1n) is 2.87. The summed E-state index contributed by atoms with van der Waals surface area (Å²) in [6.45, 7) is 2.79. The van der Waals surface area contributed by atoms with Gasteiger partial charge >= 0.3 is 6.16 Å². The first kappa shape index (κ1) is 9.19. The second kappa shape index (κ2) is 6.31. The van der Waals surface area contributed by atoms with E-state index in [9.17, 15) is 4.79 Å².